The van der Waals surface area contributed by atoms with Gasteiger partial charge in [0.1, 0.15) is 24.0 Å². The molecule has 9 nitrogen and oxygen atoms in total. The van der Waals surface area contributed by atoms with E-state index in [4.69, 9.17) is 9.47 Å². The molecule has 0 radical (unpaired) electrons. The maximum Gasteiger partial charge on any atom is 0.263 e. The summed E-state index contributed by atoms with van der Waals surface area (Å²) in [7, 11) is -1.13. The fourth-order valence-corrected chi connectivity index (χ4v) is 4.71. The number of sulfonamides is 1. The van der Waals surface area contributed by atoms with E-state index in [1.54, 1.807) is 0 Å². The van der Waals surface area contributed by atoms with Gasteiger partial charge in [-0.15, -0.1) is 0 Å². The number of halogens is 2. The minimum atomic E-state index is -4.01. The molecule has 2 aromatic heterocycles. The van der Waals surface area contributed by atoms with Crippen LogP contribution in [0.4, 0.5) is 10.2 Å². The first-order valence-corrected chi connectivity index (χ1v) is 12.0. The fourth-order valence-electron chi connectivity index (χ4n) is 3.35. The summed E-state index contributed by atoms with van der Waals surface area (Å²) in [6, 6.07) is 11.0. The molecule has 0 fully saturated rings. The molecule has 0 aliphatic carbocycles. The molecule has 0 aliphatic heterocycles. The van der Waals surface area contributed by atoms with Gasteiger partial charge >= 0.3 is 0 Å². The number of hydrogen-bond donors (Lipinski definition) is 1. The highest BCUT2D eigenvalue weighted by molar-refractivity contribution is 9.10. The van der Waals surface area contributed by atoms with E-state index in [9.17, 15) is 17.6 Å². The normalized spacial score (nSPS) is 11.5. The minimum Gasteiger partial charge on any atom is -0.495 e. The lowest BCUT2D eigenvalue weighted by atomic mass is 10.2. The zero-order valence-electron chi connectivity index (χ0n) is 18.0. The van der Waals surface area contributed by atoms with Gasteiger partial charge in [-0.25, -0.2) is 22.8 Å². The van der Waals surface area contributed by atoms with E-state index >= 15 is 0 Å². The summed E-state index contributed by atoms with van der Waals surface area (Å²) in [5, 5.41) is 0.440. The van der Waals surface area contributed by atoms with Crippen LogP contribution in [-0.4, -0.2) is 37.2 Å². The van der Waals surface area contributed by atoms with Gasteiger partial charge in [0.25, 0.3) is 15.6 Å². The fraction of sp³-hybridized carbons (Fsp3) is 0.136. The molecule has 176 valence electrons. The van der Waals surface area contributed by atoms with Crippen LogP contribution in [0.15, 0.2) is 68.9 Å². The molecule has 4 rings (SSSR count). The molecule has 0 saturated heterocycles. The first-order chi connectivity index (χ1) is 16.2. The topological polar surface area (TPSA) is 112 Å². The second-order valence-corrected chi connectivity index (χ2v) is 9.60. The van der Waals surface area contributed by atoms with Crippen molar-refractivity contribution in [2.45, 2.75) is 11.5 Å². The van der Waals surface area contributed by atoms with E-state index in [-0.39, 0.29) is 33.2 Å². The van der Waals surface area contributed by atoms with Crippen molar-refractivity contribution in [1.82, 2.24) is 14.5 Å². The van der Waals surface area contributed by atoms with E-state index in [0.717, 1.165) is 0 Å². The molecule has 4 aromatic rings. The Balaban J connectivity index is 1.80. The Kier molecular flexibility index (Phi) is 6.64. The predicted molar refractivity (Wildman–Crippen MR) is 127 cm³/mol. The number of fused-ring (bicyclic) bond motifs is 1. The molecule has 0 atom stereocenters. The standard InChI is InChI=1S/C22H18BrFN4O5S/c1-32-12-21-25-8-7-20(26-21)27-34(30,31)14-4-5-17-13(9-14)3-6-22(29)28(17)18-11-16(24)15(23)10-19(18)33-2/h3-11H,12H2,1-2H3,(H,25,26,27). The maximum absolute atomic E-state index is 14.3. The monoisotopic (exact) mass is 548 g/mol. The van der Waals surface area contributed by atoms with Crippen LogP contribution >= 0.6 is 15.9 Å². The molecule has 2 heterocycles. The van der Waals surface area contributed by atoms with E-state index in [1.165, 1.54) is 73.5 Å². The summed E-state index contributed by atoms with van der Waals surface area (Å²) in [5.74, 6) is 0.0840. The first kappa shape index (κ1) is 23.8. The zero-order chi connectivity index (χ0) is 24.5. The molecule has 34 heavy (non-hydrogen) atoms. The second kappa shape index (κ2) is 9.49. The number of hydrogen-bond acceptors (Lipinski definition) is 7. The molecule has 0 amide bonds. The minimum absolute atomic E-state index is 0.0499. The smallest absolute Gasteiger partial charge is 0.263 e. The van der Waals surface area contributed by atoms with Gasteiger partial charge in [-0.05, 0) is 52.3 Å². The van der Waals surface area contributed by atoms with Crippen molar-refractivity contribution < 1.29 is 22.3 Å². The lowest BCUT2D eigenvalue weighted by Crippen LogP contribution is -2.19. The van der Waals surface area contributed by atoms with Crippen molar-refractivity contribution in [3.05, 3.63) is 81.2 Å². The number of ether oxygens (including phenoxy) is 2. The summed E-state index contributed by atoms with van der Waals surface area (Å²) >= 11 is 3.10. The van der Waals surface area contributed by atoms with Gasteiger partial charge in [0.15, 0.2) is 5.82 Å². The number of anilines is 1. The Morgan fingerprint density at radius 2 is 1.91 bits per heavy atom. The average molecular weight is 549 g/mol. The van der Waals surface area contributed by atoms with Gasteiger partial charge in [-0.2, -0.15) is 0 Å². The Labute approximate surface area is 202 Å². The van der Waals surface area contributed by atoms with Gasteiger partial charge in [0, 0.05) is 30.8 Å². The molecular formula is C22H18BrFN4O5S. The number of methoxy groups -OCH3 is 2. The lowest BCUT2D eigenvalue weighted by molar-refractivity contribution is 0.178. The molecule has 0 saturated carbocycles. The van der Waals surface area contributed by atoms with Gasteiger partial charge in [-0.1, -0.05) is 0 Å². The molecule has 0 unspecified atom stereocenters. The Morgan fingerprint density at radius 1 is 1.12 bits per heavy atom. The number of aromatic nitrogens is 3. The summed E-state index contributed by atoms with van der Waals surface area (Å²) in [6.07, 6.45) is 1.42. The van der Waals surface area contributed by atoms with Crippen LogP contribution in [0.25, 0.3) is 16.6 Å². The lowest BCUT2D eigenvalue weighted by Gasteiger charge is -2.15. The van der Waals surface area contributed by atoms with Crippen LogP contribution in [0.2, 0.25) is 0 Å². The third-order valence-corrected chi connectivity index (χ3v) is 6.82. The van der Waals surface area contributed by atoms with Crippen molar-refractivity contribution in [2.75, 3.05) is 18.9 Å². The third kappa shape index (κ3) is 4.65. The number of rotatable bonds is 7. The van der Waals surface area contributed by atoms with Crippen molar-refractivity contribution >= 4 is 42.7 Å². The number of benzene rings is 2. The molecule has 2 aromatic carbocycles. The zero-order valence-corrected chi connectivity index (χ0v) is 20.4. The molecule has 1 N–H and O–H groups in total. The Hall–Kier alpha value is -3.35. The van der Waals surface area contributed by atoms with Crippen LogP contribution in [-0.2, 0) is 21.4 Å². The van der Waals surface area contributed by atoms with Crippen LogP contribution in [0, 0.1) is 5.82 Å². The van der Waals surface area contributed by atoms with Crippen LogP contribution in [0.3, 0.4) is 0 Å². The Morgan fingerprint density at radius 3 is 2.65 bits per heavy atom. The number of pyridine rings is 1. The predicted octanol–water partition coefficient (Wildman–Crippen LogP) is 3.64. The van der Waals surface area contributed by atoms with Gasteiger partial charge in [-0.3, -0.25) is 14.1 Å². The molecule has 0 aliphatic rings. The summed E-state index contributed by atoms with van der Waals surface area (Å²) < 4.78 is 54.4. The van der Waals surface area contributed by atoms with Crippen molar-refractivity contribution in [3.8, 4) is 11.4 Å². The van der Waals surface area contributed by atoms with Crippen LogP contribution in [0.5, 0.6) is 5.75 Å². The van der Waals surface area contributed by atoms with Crippen LogP contribution in [0.1, 0.15) is 5.82 Å². The molecule has 12 heteroatoms. The van der Waals surface area contributed by atoms with Crippen molar-refractivity contribution in [1.29, 1.82) is 0 Å². The molecular weight excluding hydrogens is 531 g/mol. The highest BCUT2D eigenvalue weighted by Crippen LogP contribution is 2.31. The third-order valence-electron chi connectivity index (χ3n) is 4.86. The van der Waals surface area contributed by atoms with E-state index < -0.39 is 21.4 Å². The average Bonchev–Trinajstić information content (AvgIpc) is 2.80. The first-order valence-electron chi connectivity index (χ1n) is 9.76. The van der Waals surface area contributed by atoms with Gasteiger partial charge < -0.3 is 9.47 Å². The highest BCUT2D eigenvalue weighted by atomic mass is 79.9. The summed E-state index contributed by atoms with van der Waals surface area (Å²) in [5.41, 5.74) is 0.114. The van der Waals surface area contributed by atoms with E-state index in [1.807, 2.05) is 0 Å². The molecule has 0 bridgehead atoms. The summed E-state index contributed by atoms with van der Waals surface area (Å²) in [6.45, 7) is 0.128. The van der Waals surface area contributed by atoms with Crippen LogP contribution < -0.4 is 15.0 Å². The number of nitrogens with one attached hydrogen (secondary N) is 1. The number of nitrogens with zero attached hydrogens (tertiary/aromatic N) is 3. The van der Waals surface area contributed by atoms with E-state index in [2.05, 4.69) is 30.6 Å². The quantitative estimate of drug-likeness (QED) is 0.375. The Bertz CT molecular complexity index is 1560. The highest BCUT2D eigenvalue weighted by Gasteiger charge is 2.19. The SMILES string of the molecule is COCc1nccc(NS(=O)(=O)c2ccc3c(ccc(=O)n3-c3cc(F)c(Br)cc3OC)c2)n1. The van der Waals surface area contributed by atoms with Gasteiger partial charge in [0.2, 0.25) is 0 Å². The van der Waals surface area contributed by atoms with Crippen molar-refractivity contribution in [2.24, 2.45) is 0 Å². The largest absolute Gasteiger partial charge is 0.495 e. The summed E-state index contributed by atoms with van der Waals surface area (Å²) in [4.78, 5) is 20.8. The van der Waals surface area contributed by atoms with Gasteiger partial charge in [0.05, 0.1) is 27.7 Å². The maximum atomic E-state index is 14.3. The van der Waals surface area contributed by atoms with E-state index in [0.29, 0.717) is 16.7 Å². The second-order valence-electron chi connectivity index (χ2n) is 7.06. The van der Waals surface area contributed by atoms with Crippen molar-refractivity contribution in [3.63, 3.8) is 0 Å². The molecule has 0 spiro atoms.